The van der Waals surface area contributed by atoms with Gasteiger partial charge in [0.05, 0.1) is 22.1 Å². The zero-order valence-electron chi connectivity index (χ0n) is 40.4. The van der Waals surface area contributed by atoms with E-state index in [4.69, 9.17) is 5.73 Å². The SMILES string of the molecule is C1=C(c2cc(-c3ccccc3)cc(-c3ccccc3)c2)CCC2=C1c1c(Cc3ccccc3)cccc1C21c2ccccc2-n2c3ccccc3c3cccc1c32.C=NC.CC.NCc1ccccc1. The molecule has 1 spiro atoms. The minimum atomic E-state index is -0.416. The van der Waals surface area contributed by atoms with Gasteiger partial charge in [-0.25, -0.2) is 0 Å². The Hall–Kier alpha value is -8.11. The van der Waals surface area contributed by atoms with E-state index in [1.165, 1.54) is 111 Å². The van der Waals surface area contributed by atoms with Crippen LogP contribution >= 0.6 is 0 Å². The van der Waals surface area contributed by atoms with Gasteiger partial charge in [0, 0.05) is 24.4 Å². The second kappa shape index (κ2) is 20.2. The summed E-state index contributed by atoms with van der Waals surface area (Å²) in [5.74, 6) is 0. The molecule has 0 fully saturated rings. The van der Waals surface area contributed by atoms with Crippen LogP contribution in [0, 0.1) is 0 Å². The Kier molecular flexibility index (Phi) is 13.2. The molecular weight excluding hydrogens is 847 g/mol. The molecule has 0 saturated carbocycles. The predicted molar refractivity (Wildman–Crippen MR) is 299 cm³/mol. The Morgan fingerprint density at radius 1 is 0.514 bits per heavy atom. The second-order valence-corrected chi connectivity index (χ2v) is 17.9. The second-order valence-electron chi connectivity index (χ2n) is 17.9. The molecule has 10 aromatic rings. The first-order valence-electron chi connectivity index (χ1n) is 24.7. The lowest BCUT2D eigenvalue weighted by molar-refractivity contribution is 0.686. The fourth-order valence-corrected chi connectivity index (χ4v) is 11.3. The van der Waals surface area contributed by atoms with E-state index >= 15 is 0 Å². The van der Waals surface area contributed by atoms with Gasteiger partial charge in [0.15, 0.2) is 0 Å². The number of para-hydroxylation sites is 3. The van der Waals surface area contributed by atoms with E-state index in [2.05, 4.69) is 216 Å². The molecule has 2 aliphatic carbocycles. The van der Waals surface area contributed by atoms with Gasteiger partial charge in [0.25, 0.3) is 0 Å². The number of benzene rings is 9. The van der Waals surface area contributed by atoms with Crippen LogP contribution in [0.3, 0.4) is 0 Å². The lowest BCUT2D eigenvalue weighted by atomic mass is 9.63. The minimum absolute atomic E-state index is 0.416. The van der Waals surface area contributed by atoms with Gasteiger partial charge in [-0.1, -0.05) is 214 Å². The van der Waals surface area contributed by atoms with Crippen LogP contribution in [0.1, 0.15) is 71.2 Å². The van der Waals surface area contributed by atoms with Crippen molar-refractivity contribution in [2.24, 2.45) is 10.7 Å². The van der Waals surface area contributed by atoms with Crippen LogP contribution in [-0.4, -0.2) is 18.3 Å². The average Bonchev–Trinajstić information content (AvgIpc) is 3.93. The molecule has 1 atom stereocenters. The van der Waals surface area contributed by atoms with Crippen molar-refractivity contribution in [1.82, 2.24) is 4.57 Å². The summed E-state index contributed by atoms with van der Waals surface area (Å²) in [6, 6.07) is 82.4. The molecule has 2 heterocycles. The summed E-state index contributed by atoms with van der Waals surface area (Å²) in [7, 11) is 1.64. The molecule has 9 aromatic carbocycles. The van der Waals surface area contributed by atoms with Crippen molar-refractivity contribution < 1.29 is 0 Å². The van der Waals surface area contributed by atoms with E-state index in [0.717, 1.165) is 19.3 Å². The summed E-state index contributed by atoms with van der Waals surface area (Å²) >= 11 is 0. The van der Waals surface area contributed by atoms with Crippen molar-refractivity contribution in [2.45, 2.75) is 45.1 Å². The normalized spacial score (nSPS) is 14.7. The van der Waals surface area contributed by atoms with Crippen molar-refractivity contribution in [3.63, 3.8) is 0 Å². The van der Waals surface area contributed by atoms with E-state index in [9.17, 15) is 0 Å². The molecule has 1 unspecified atom stereocenters. The average molecular weight is 906 g/mol. The van der Waals surface area contributed by atoms with Crippen LogP contribution in [0.4, 0.5) is 0 Å². The number of nitrogens with zero attached hydrogens (tertiary/aromatic N) is 2. The monoisotopic (exact) mass is 905 g/mol. The highest BCUT2D eigenvalue weighted by Gasteiger charge is 2.52. The van der Waals surface area contributed by atoms with E-state index in [1.807, 2.05) is 44.2 Å². The molecule has 3 nitrogen and oxygen atoms in total. The summed E-state index contributed by atoms with van der Waals surface area (Å²) in [6.07, 6.45) is 5.42. The first-order valence-corrected chi connectivity index (χ1v) is 24.7. The molecule has 0 saturated heterocycles. The molecule has 2 N–H and O–H groups in total. The first kappa shape index (κ1) is 45.7. The first-order chi connectivity index (χ1) is 34.6. The molecule has 0 amide bonds. The Balaban J connectivity index is 0.000000388. The molecule has 13 rings (SSSR count). The van der Waals surface area contributed by atoms with Crippen molar-refractivity contribution in [3.8, 4) is 27.9 Å². The van der Waals surface area contributed by atoms with E-state index in [0.29, 0.717) is 6.54 Å². The third-order valence-corrected chi connectivity index (χ3v) is 14.0. The van der Waals surface area contributed by atoms with E-state index in [-0.39, 0.29) is 0 Å². The number of aromatic nitrogens is 1. The van der Waals surface area contributed by atoms with Gasteiger partial charge in [-0.3, -0.25) is 0 Å². The minimum Gasteiger partial charge on any atom is -0.326 e. The third kappa shape index (κ3) is 8.02. The molecule has 3 aliphatic rings. The van der Waals surface area contributed by atoms with Crippen LogP contribution in [-0.2, 0) is 18.4 Å². The molecule has 3 heteroatoms. The number of hydrogen-bond donors (Lipinski definition) is 1. The zero-order valence-corrected chi connectivity index (χ0v) is 40.4. The highest BCUT2D eigenvalue weighted by molar-refractivity contribution is 6.13. The third-order valence-electron chi connectivity index (χ3n) is 14.0. The molecule has 0 radical (unpaired) electrons. The van der Waals surface area contributed by atoms with Crippen molar-refractivity contribution in [3.05, 3.63) is 281 Å². The number of aliphatic imine (C=N–C) groups is 1. The quantitative estimate of drug-likeness (QED) is 0.166. The van der Waals surface area contributed by atoms with Gasteiger partial charge in [-0.15, -0.1) is 0 Å². The number of fused-ring (bicyclic) bond motifs is 11. The van der Waals surface area contributed by atoms with Gasteiger partial charge >= 0.3 is 0 Å². The number of allylic oxidation sites excluding steroid dienone is 4. The van der Waals surface area contributed by atoms with Crippen LogP contribution in [0.25, 0.3) is 60.9 Å². The number of rotatable bonds is 6. The van der Waals surface area contributed by atoms with Gasteiger partial charge < -0.3 is 15.3 Å². The van der Waals surface area contributed by atoms with E-state index in [1.54, 1.807) is 7.05 Å². The Bertz CT molecular complexity index is 3470. The summed E-state index contributed by atoms with van der Waals surface area (Å²) in [5.41, 5.74) is 29.0. The number of nitrogens with two attached hydrogens (primary N) is 1. The summed E-state index contributed by atoms with van der Waals surface area (Å²) in [5, 5.41) is 2.64. The lowest BCUT2D eigenvalue weighted by Gasteiger charge is -2.41. The highest BCUT2D eigenvalue weighted by Crippen LogP contribution is 2.63. The van der Waals surface area contributed by atoms with E-state index < -0.39 is 5.41 Å². The smallest absolute Gasteiger partial charge is 0.0717 e. The van der Waals surface area contributed by atoms with Crippen LogP contribution in [0.15, 0.2) is 241 Å². The van der Waals surface area contributed by atoms with Crippen LogP contribution in [0.2, 0.25) is 0 Å². The molecule has 1 aliphatic heterocycles. The highest BCUT2D eigenvalue weighted by atomic mass is 15.0. The largest absolute Gasteiger partial charge is 0.326 e. The summed E-state index contributed by atoms with van der Waals surface area (Å²) in [6.45, 7) is 7.75. The summed E-state index contributed by atoms with van der Waals surface area (Å²) < 4.78 is 2.55. The summed E-state index contributed by atoms with van der Waals surface area (Å²) in [4.78, 5) is 3.25. The van der Waals surface area contributed by atoms with Gasteiger partial charge in [-0.2, -0.15) is 0 Å². The fraction of sp³-hybridized carbons (Fsp3) is 0.119. The number of hydrogen-bond acceptors (Lipinski definition) is 2. The maximum absolute atomic E-state index is 5.35. The standard InChI is InChI=1S/C56H39N.C7H9N.C2H5N.C2H6/c1-4-16-37(17-5-1)32-41-22-14-26-50-54(41)47-36-40(44-34-42(38-18-6-2-7-19-38)33-43(35-44)39-20-8-3-9-21-39)30-31-48(47)56(50)49-25-11-13-29-53(49)57-52-28-12-10-23-45(52)46-24-15-27-51(56)55(46)57;8-6-7-4-2-1-3-5-7;1-3-2;1-2/h1-29,33-36H,30-32H2;1-5H,6,8H2;1H2,2H3;1-2H3. The molecule has 342 valence electrons. The Morgan fingerprint density at radius 3 is 1.67 bits per heavy atom. The van der Waals surface area contributed by atoms with Crippen LogP contribution in [0.5, 0.6) is 0 Å². The van der Waals surface area contributed by atoms with Crippen LogP contribution < -0.4 is 5.73 Å². The Morgan fingerprint density at radius 2 is 1.03 bits per heavy atom. The molecular formula is C67H59N3. The van der Waals surface area contributed by atoms with Crippen molar-refractivity contribution in [2.75, 3.05) is 7.05 Å². The lowest BCUT2D eigenvalue weighted by Crippen LogP contribution is -2.35. The predicted octanol–water partition coefficient (Wildman–Crippen LogP) is 16.5. The van der Waals surface area contributed by atoms with Gasteiger partial charge in [0.2, 0.25) is 0 Å². The maximum Gasteiger partial charge on any atom is 0.0717 e. The molecule has 1 aromatic heterocycles. The van der Waals surface area contributed by atoms with Crippen molar-refractivity contribution >= 4 is 39.7 Å². The Labute approximate surface area is 413 Å². The zero-order chi connectivity index (χ0) is 48.0. The molecule has 70 heavy (non-hydrogen) atoms. The van der Waals surface area contributed by atoms with Gasteiger partial charge in [-0.05, 0) is 140 Å². The van der Waals surface area contributed by atoms with Crippen molar-refractivity contribution in [1.29, 1.82) is 0 Å². The van der Waals surface area contributed by atoms with Gasteiger partial charge in [0.1, 0.15) is 0 Å². The maximum atomic E-state index is 5.35. The molecule has 0 bridgehead atoms. The fourth-order valence-electron chi connectivity index (χ4n) is 11.3. The topological polar surface area (TPSA) is 43.3 Å².